The van der Waals surface area contributed by atoms with Gasteiger partial charge in [0.25, 0.3) is 0 Å². The van der Waals surface area contributed by atoms with Crippen molar-refractivity contribution < 1.29 is 0 Å². The van der Waals surface area contributed by atoms with Gasteiger partial charge in [-0.15, -0.1) is 0 Å². The molecule has 2 rings (SSSR count). The molecule has 1 atom stereocenters. The molecule has 0 saturated heterocycles. The molecule has 1 aromatic rings. The molecule has 0 aromatic heterocycles. The summed E-state index contributed by atoms with van der Waals surface area (Å²) in [5, 5.41) is 0.768. The summed E-state index contributed by atoms with van der Waals surface area (Å²) in [6, 6.07) is 6.78. The molecule has 1 aromatic carbocycles. The first-order chi connectivity index (χ1) is 9.84. The number of nitrogens with two attached hydrogens (primary N) is 1. The molecule has 1 fully saturated rings. The van der Waals surface area contributed by atoms with Crippen LogP contribution in [-0.2, 0) is 0 Å². The molecule has 0 heterocycles. The summed E-state index contributed by atoms with van der Waals surface area (Å²) in [4.78, 5) is 2.45. The Balaban J connectivity index is 2.15. The number of halogens is 2. The van der Waals surface area contributed by atoms with Crippen molar-refractivity contribution in [2.75, 3.05) is 13.6 Å². The average molecular weight is 374 g/mol. The van der Waals surface area contributed by atoms with Gasteiger partial charge in [0.2, 0.25) is 0 Å². The topological polar surface area (TPSA) is 29.3 Å². The molecule has 4 heteroatoms. The predicted octanol–water partition coefficient (Wildman–Crippen LogP) is 5.00. The van der Waals surface area contributed by atoms with Gasteiger partial charge in [-0.3, -0.25) is 4.90 Å². The van der Waals surface area contributed by atoms with Crippen molar-refractivity contribution in [1.82, 2.24) is 4.90 Å². The Labute approximate surface area is 142 Å². The molecule has 0 bridgehead atoms. The van der Waals surface area contributed by atoms with Crippen molar-refractivity contribution >= 4 is 27.5 Å². The first-order valence-corrected chi connectivity index (χ1v) is 8.88. The van der Waals surface area contributed by atoms with Gasteiger partial charge in [0, 0.05) is 28.1 Å². The summed E-state index contributed by atoms with van der Waals surface area (Å²) in [5.41, 5.74) is 7.76. The third kappa shape index (κ3) is 4.22. The lowest BCUT2D eigenvalue weighted by Crippen LogP contribution is -2.42. The Morgan fingerprint density at radius 2 is 2.00 bits per heavy atom. The zero-order valence-corrected chi connectivity index (χ0v) is 15.5. The Bertz CT molecular complexity index is 480. The molecule has 2 nitrogen and oxygen atoms in total. The Kier molecular flexibility index (Phi) is 5.75. The molecule has 1 saturated carbocycles. The first-order valence-electron chi connectivity index (χ1n) is 7.71. The third-order valence-electron chi connectivity index (χ3n) is 4.92. The van der Waals surface area contributed by atoms with Gasteiger partial charge in [-0.05, 0) is 61.9 Å². The van der Waals surface area contributed by atoms with Gasteiger partial charge in [-0.25, -0.2) is 0 Å². The fraction of sp³-hybridized carbons (Fsp3) is 0.647. The molecular formula is C17H26BrClN2. The van der Waals surface area contributed by atoms with E-state index in [2.05, 4.69) is 41.7 Å². The van der Waals surface area contributed by atoms with Crippen molar-refractivity contribution in [1.29, 1.82) is 0 Å². The fourth-order valence-electron chi connectivity index (χ4n) is 3.33. The molecule has 0 radical (unpaired) electrons. The van der Waals surface area contributed by atoms with E-state index < -0.39 is 0 Å². The Morgan fingerprint density at radius 1 is 1.38 bits per heavy atom. The van der Waals surface area contributed by atoms with Crippen LogP contribution < -0.4 is 5.73 Å². The number of rotatable bonds is 4. The molecule has 21 heavy (non-hydrogen) atoms. The lowest BCUT2D eigenvalue weighted by Gasteiger charge is -2.42. The molecule has 0 spiro atoms. The molecular weight excluding hydrogens is 348 g/mol. The van der Waals surface area contributed by atoms with Crippen molar-refractivity contribution in [2.24, 2.45) is 11.1 Å². The van der Waals surface area contributed by atoms with Crippen LogP contribution in [0.5, 0.6) is 0 Å². The van der Waals surface area contributed by atoms with E-state index in [-0.39, 0.29) is 6.04 Å². The van der Waals surface area contributed by atoms with Crippen LogP contribution in [0.1, 0.15) is 51.1 Å². The monoisotopic (exact) mass is 372 g/mol. The normalized spacial score (nSPS) is 20.7. The number of nitrogens with zero attached hydrogens (tertiary/aromatic N) is 1. The second kappa shape index (κ2) is 6.99. The van der Waals surface area contributed by atoms with Gasteiger partial charge < -0.3 is 5.73 Å². The lowest BCUT2D eigenvalue weighted by atomic mass is 9.75. The van der Waals surface area contributed by atoms with Crippen molar-refractivity contribution in [3.8, 4) is 0 Å². The largest absolute Gasteiger partial charge is 0.329 e. The zero-order valence-electron chi connectivity index (χ0n) is 13.2. The van der Waals surface area contributed by atoms with Gasteiger partial charge in [0.05, 0.1) is 0 Å². The van der Waals surface area contributed by atoms with E-state index in [1.807, 2.05) is 18.2 Å². The highest BCUT2D eigenvalue weighted by Crippen LogP contribution is 2.39. The maximum absolute atomic E-state index is 6.17. The van der Waals surface area contributed by atoms with Gasteiger partial charge in [0.1, 0.15) is 0 Å². The molecule has 0 amide bonds. The lowest BCUT2D eigenvalue weighted by molar-refractivity contribution is 0.0964. The second-order valence-electron chi connectivity index (χ2n) is 6.98. The highest BCUT2D eigenvalue weighted by Gasteiger charge is 2.32. The van der Waals surface area contributed by atoms with Crippen molar-refractivity contribution in [3.05, 3.63) is 33.3 Å². The minimum Gasteiger partial charge on any atom is -0.329 e. The van der Waals surface area contributed by atoms with Gasteiger partial charge >= 0.3 is 0 Å². The van der Waals surface area contributed by atoms with Crippen LogP contribution in [0.25, 0.3) is 0 Å². The van der Waals surface area contributed by atoms with E-state index in [0.29, 0.717) is 18.0 Å². The summed E-state index contributed by atoms with van der Waals surface area (Å²) in [6.45, 7) is 5.35. The number of benzene rings is 1. The molecule has 0 aliphatic heterocycles. The zero-order chi connectivity index (χ0) is 15.6. The molecule has 1 unspecified atom stereocenters. The summed E-state index contributed by atoms with van der Waals surface area (Å²) in [5.74, 6) is 0. The maximum Gasteiger partial charge on any atom is 0.0482 e. The number of hydrogen-bond donors (Lipinski definition) is 1. The van der Waals surface area contributed by atoms with E-state index in [1.165, 1.54) is 31.2 Å². The van der Waals surface area contributed by atoms with Crippen LogP contribution in [-0.4, -0.2) is 24.5 Å². The molecule has 1 aliphatic carbocycles. The molecule has 1 aliphatic rings. The van der Waals surface area contributed by atoms with Crippen LogP contribution in [0, 0.1) is 5.41 Å². The Morgan fingerprint density at radius 3 is 2.57 bits per heavy atom. The van der Waals surface area contributed by atoms with Crippen LogP contribution in [0.15, 0.2) is 22.7 Å². The Hall–Kier alpha value is -0.0900. The summed E-state index contributed by atoms with van der Waals surface area (Å²) in [6.07, 6.45) is 5.07. The van der Waals surface area contributed by atoms with Crippen molar-refractivity contribution in [2.45, 2.75) is 51.6 Å². The second-order valence-corrected chi connectivity index (χ2v) is 8.27. The highest BCUT2D eigenvalue weighted by molar-refractivity contribution is 9.10. The van der Waals surface area contributed by atoms with Crippen LogP contribution in [0.3, 0.4) is 0 Å². The first kappa shape index (κ1) is 17.3. The van der Waals surface area contributed by atoms with E-state index in [4.69, 9.17) is 17.3 Å². The van der Waals surface area contributed by atoms with Gasteiger partial charge in [-0.2, -0.15) is 0 Å². The van der Waals surface area contributed by atoms with E-state index in [9.17, 15) is 0 Å². The average Bonchev–Trinajstić information content (AvgIpc) is 2.43. The van der Waals surface area contributed by atoms with Crippen LogP contribution >= 0.6 is 27.5 Å². The minimum absolute atomic E-state index is 0.212. The molecule has 118 valence electrons. The highest BCUT2D eigenvalue weighted by atomic mass is 79.9. The van der Waals surface area contributed by atoms with E-state index in [1.54, 1.807) is 0 Å². The summed E-state index contributed by atoms with van der Waals surface area (Å²) >= 11 is 9.81. The van der Waals surface area contributed by atoms with Crippen molar-refractivity contribution in [3.63, 3.8) is 0 Å². The number of likely N-dealkylation sites (N-methyl/N-ethyl adjacent to an activating group) is 1. The van der Waals surface area contributed by atoms with Crippen LogP contribution in [0.2, 0.25) is 5.02 Å². The SMILES string of the molecule is CN(C1CCC(C)(C)CC1)C(CN)c1cc(Cl)ccc1Br. The van der Waals surface area contributed by atoms with E-state index >= 15 is 0 Å². The maximum atomic E-state index is 6.17. The van der Waals surface area contributed by atoms with Crippen LogP contribution in [0.4, 0.5) is 0 Å². The van der Waals surface area contributed by atoms with E-state index in [0.717, 1.165) is 9.50 Å². The van der Waals surface area contributed by atoms with Gasteiger partial charge in [-0.1, -0.05) is 41.4 Å². The summed E-state index contributed by atoms with van der Waals surface area (Å²) in [7, 11) is 2.20. The summed E-state index contributed by atoms with van der Waals surface area (Å²) < 4.78 is 1.09. The smallest absolute Gasteiger partial charge is 0.0482 e. The molecule has 2 N–H and O–H groups in total. The third-order valence-corrected chi connectivity index (χ3v) is 5.87. The standard InChI is InChI=1S/C17H26BrClN2/c1-17(2)8-6-13(7-9-17)21(3)16(11-20)14-10-12(19)4-5-15(14)18/h4-5,10,13,16H,6-9,11,20H2,1-3H3. The predicted molar refractivity (Wildman–Crippen MR) is 94.7 cm³/mol. The minimum atomic E-state index is 0.212. The van der Waals surface area contributed by atoms with Gasteiger partial charge in [0.15, 0.2) is 0 Å². The quantitative estimate of drug-likeness (QED) is 0.804. The fourth-order valence-corrected chi connectivity index (χ4v) is 4.02. The number of hydrogen-bond acceptors (Lipinski definition) is 2.